The molecule has 17 heavy (non-hydrogen) atoms. The largest absolute Gasteiger partial charge is 0.399 e. The Morgan fingerprint density at radius 1 is 1.24 bits per heavy atom. The molecule has 1 aromatic heterocycles. The minimum atomic E-state index is -0.169. The van der Waals surface area contributed by atoms with Crippen molar-refractivity contribution in [1.29, 1.82) is 0 Å². The zero-order chi connectivity index (χ0) is 12.3. The van der Waals surface area contributed by atoms with Crippen LogP contribution in [0.5, 0.6) is 0 Å². The lowest BCUT2D eigenvalue weighted by atomic mass is 10.2. The number of carbonyl (C=O) groups is 1. The molecule has 0 unspecified atom stereocenters. The minimum absolute atomic E-state index is 0.169. The number of nitrogens with one attached hydrogen (secondary N) is 1. The van der Waals surface area contributed by atoms with E-state index in [2.05, 4.69) is 10.3 Å². The average Bonchev–Trinajstić information content (AvgIpc) is 2.29. The molecule has 0 bridgehead atoms. The Balaban J connectivity index is 2.14. The number of hydrogen-bond donors (Lipinski definition) is 2. The second kappa shape index (κ2) is 4.65. The first kappa shape index (κ1) is 11.1. The van der Waals surface area contributed by atoms with Crippen LogP contribution in [0.15, 0.2) is 42.7 Å². The molecule has 2 rings (SSSR count). The van der Waals surface area contributed by atoms with Gasteiger partial charge in [0.15, 0.2) is 0 Å². The van der Waals surface area contributed by atoms with Crippen LogP contribution in [0, 0.1) is 6.92 Å². The molecule has 0 radical (unpaired) electrons. The fourth-order valence-electron chi connectivity index (χ4n) is 1.46. The number of aryl methyl sites for hydroxylation is 1. The summed E-state index contributed by atoms with van der Waals surface area (Å²) in [4.78, 5) is 15.9. The van der Waals surface area contributed by atoms with Crippen LogP contribution in [0.1, 0.15) is 15.9 Å². The van der Waals surface area contributed by atoms with Gasteiger partial charge < -0.3 is 11.1 Å². The Bertz CT molecular complexity index is 535. The van der Waals surface area contributed by atoms with Crippen molar-refractivity contribution in [3.63, 3.8) is 0 Å². The van der Waals surface area contributed by atoms with E-state index >= 15 is 0 Å². The molecule has 4 heteroatoms. The van der Waals surface area contributed by atoms with Crippen molar-refractivity contribution in [2.75, 3.05) is 11.1 Å². The molecule has 0 spiro atoms. The van der Waals surface area contributed by atoms with Crippen molar-refractivity contribution in [1.82, 2.24) is 4.98 Å². The van der Waals surface area contributed by atoms with Gasteiger partial charge in [0.25, 0.3) is 5.91 Å². The molecule has 0 aliphatic carbocycles. The van der Waals surface area contributed by atoms with Gasteiger partial charge in [-0.25, -0.2) is 0 Å². The summed E-state index contributed by atoms with van der Waals surface area (Å²) in [6, 6.07) is 8.64. The number of nitrogens with zero attached hydrogens (tertiary/aromatic N) is 1. The highest BCUT2D eigenvalue weighted by atomic mass is 16.1. The maximum atomic E-state index is 11.9. The topological polar surface area (TPSA) is 68.0 Å². The number of amides is 1. The number of anilines is 2. The fraction of sp³-hybridized carbons (Fsp3) is 0.0769. The summed E-state index contributed by atoms with van der Waals surface area (Å²) in [5.74, 6) is -0.169. The van der Waals surface area contributed by atoms with Gasteiger partial charge >= 0.3 is 0 Å². The van der Waals surface area contributed by atoms with Crippen LogP contribution in [-0.4, -0.2) is 10.9 Å². The zero-order valence-corrected chi connectivity index (χ0v) is 9.47. The lowest BCUT2D eigenvalue weighted by Gasteiger charge is -2.05. The predicted molar refractivity (Wildman–Crippen MR) is 67.8 cm³/mol. The molecule has 2 aromatic rings. The summed E-state index contributed by atoms with van der Waals surface area (Å²) >= 11 is 0. The van der Waals surface area contributed by atoms with E-state index in [1.54, 1.807) is 36.7 Å². The molecule has 1 heterocycles. The van der Waals surface area contributed by atoms with Crippen molar-refractivity contribution >= 4 is 17.3 Å². The van der Waals surface area contributed by atoms with E-state index in [9.17, 15) is 4.79 Å². The van der Waals surface area contributed by atoms with E-state index in [0.29, 0.717) is 16.9 Å². The predicted octanol–water partition coefficient (Wildman–Crippen LogP) is 2.22. The maximum Gasteiger partial charge on any atom is 0.255 e. The first-order chi connectivity index (χ1) is 8.15. The fourth-order valence-corrected chi connectivity index (χ4v) is 1.46. The normalized spacial score (nSPS) is 9.94. The van der Waals surface area contributed by atoms with E-state index in [1.807, 2.05) is 13.0 Å². The summed E-state index contributed by atoms with van der Waals surface area (Å²) in [7, 11) is 0. The van der Waals surface area contributed by atoms with E-state index in [-0.39, 0.29) is 5.91 Å². The maximum absolute atomic E-state index is 11.9. The van der Waals surface area contributed by atoms with Crippen molar-refractivity contribution in [3.05, 3.63) is 53.9 Å². The SMILES string of the molecule is Cc1cncc(NC(=O)c2ccc(N)cc2)c1. The molecule has 0 saturated heterocycles. The highest BCUT2D eigenvalue weighted by Crippen LogP contribution is 2.11. The van der Waals surface area contributed by atoms with E-state index in [1.165, 1.54) is 0 Å². The third-order valence-electron chi connectivity index (χ3n) is 2.31. The first-order valence-electron chi connectivity index (χ1n) is 5.24. The molecule has 0 atom stereocenters. The number of rotatable bonds is 2. The van der Waals surface area contributed by atoms with Crippen LogP contribution in [0.4, 0.5) is 11.4 Å². The molecule has 0 aliphatic rings. The number of nitrogens with two attached hydrogens (primary N) is 1. The van der Waals surface area contributed by atoms with Gasteiger partial charge in [0.1, 0.15) is 0 Å². The quantitative estimate of drug-likeness (QED) is 0.773. The Kier molecular flexibility index (Phi) is 3.05. The molecular formula is C13H13N3O. The minimum Gasteiger partial charge on any atom is -0.399 e. The molecule has 0 fully saturated rings. The van der Waals surface area contributed by atoms with E-state index in [0.717, 1.165) is 5.56 Å². The number of pyridine rings is 1. The van der Waals surface area contributed by atoms with E-state index < -0.39 is 0 Å². The lowest BCUT2D eigenvalue weighted by Crippen LogP contribution is -2.12. The second-order valence-electron chi connectivity index (χ2n) is 3.83. The van der Waals surface area contributed by atoms with Crippen LogP contribution >= 0.6 is 0 Å². The lowest BCUT2D eigenvalue weighted by molar-refractivity contribution is 0.102. The number of carbonyl (C=O) groups excluding carboxylic acids is 1. The van der Waals surface area contributed by atoms with Gasteiger partial charge in [0.05, 0.1) is 11.9 Å². The molecule has 86 valence electrons. The van der Waals surface area contributed by atoms with Crippen LogP contribution in [0.2, 0.25) is 0 Å². The highest BCUT2D eigenvalue weighted by Gasteiger charge is 2.05. The van der Waals surface area contributed by atoms with Crippen LogP contribution in [0.3, 0.4) is 0 Å². The van der Waals surface area contributed by atoms with Crippen LogP contribution < -0.4 is 11.1 Å². The molecule has 1 aromatic carbocycles. The third-order valence-corrected chi connectivity index (χ3v) is 2.31. The second-order valence-corrected chi connectivity index (χ2v) is 3.83. The Labute approximate surface area is 99.5 Å². The smallest absolute Gasteiger partial charge is 0.255 e. The van der Waals surface area contributed by atoms with Gasteiger partial charge in [-0.1, -0.05) is 0 Å². The zero-order valence-electron chi connectivity index (χ0n) is 9.47. The van der Waals surface area contributed by atoms with Gasteiger partial charge in [-0.2, -0.15) is 0 Å². The van der Waals surface area contributed by atoms with Gasteiger partial charge in [0, 0.05) is 17.4 Å². The summed E-state index contributed by atoms with van der Waals surface area (Å²) in [6.45, 7) is 1.92. The van der Waals surface area contributed by atoms with Crippen molar-refractivity contribution in [3.8, 4) is 0 Å². The van der Waals surface area contributed by atoms with Crippen LogP contribution in [0.25, 0.3) is 0 Å². The Morgan fingerprint density at radius 2 is 1.94 bits per heavy atom. The molecule has 3 N–H and O–H groups in total. The number of aromatic nitrogens is 1. The number of hydrogen-bond acceptors (Lipinski definition) is 3. The first-order valence-corrected chi connectivity index (χ1v) is 5.24. The van der Waals surface area contributed by atoms with Crippen molar-refractivity contribution < 1.29 is 4.79 Å². The molecular weight excluding hydrogens is 214 g/mol. The highest BCUT2D eigenvalue weighted by molar-refractivity contribution is 6.04. The van der Waals surface area contributed by atoms with Crippen molar-refractivity contribution in [2.24, 2.45) is 0 Å². The van der Waals surface area contributed by atoms with Crippen LogP contribution in [-0.2, 0) is 0 Å². The third kappa shape index (κ3) is 2.81. The molecule has 4 nitrogen and oxygen atoms in total. The van der Waals surface area contributed by atoms with E-state index in [4.69, 9.17) is 5.73 Å². The average molecular weight is 227 g/mol. The Morgan fingerprint density at radius 3 is 2.59 bits per heavy atom. The van der Waals surface area contributed by atoms with Crippen molar-refractivity contribution in [2.45, 2.75) is 6.92 Å². The molecule has 0 aliphatic heterocycles. The number of nitrogen functional groups attached to an aromatic ring is 1. The standard InChI is InChI=1S/C13H13N3O/c1-9-6-12(8-15-7-9)16-13(17)10-2-4-11(14)5-3-10/h2-8H,14H2,1H3,(H,16,17). The molecule has 0 saturated carbocycles. The monoisotopic (exact) mass is 227 g/mol. The summed E-state index contributed by atoms with van der Waals surface area (Å²) in [5.41, 5.74) is 8.45. The van der Waals surface area contributed by atoms with Gasteiger partial charge in [-0.15, -0.1) is 0 Å². The summed E-state index contributed by atoms with van der Waals surface area (Å²) < 4.78 is 0. The Hall–Kier alpha value is -2.36. The van der Waals surface area contributed by atoms with Gasteiger partial charge in [0.2, 0.25) is 0 Å². The van der Waals surface area contributed by atoms with Gasteiger partial charge in [-0.3, -0.25) is 9.78 Å². The summed E-state index contributed by atoms with van der Waals surface area (Å²) in [6.07, 6.45) is 3.35. The van der Waals surface area contributed by atoms with Gasteiger partial charge in [-0.05, 0) is 42.8 Å². The molecule has 1 amide bonds. The number of benzene rings is 1. The summed E-state index contributed by atoms with van der Waals surface area (Å²) in [5, 5.41) is 2.78.